The van der Waals surface area contributed by atoms with E-state index in [1.165, 1.54) is 22.7 Å². The molecular weight excluding hydrogens is 392 g/mol. The highest BCUT2D eigenvalue weighted by atomic mass is 32.1. The van der Waals surface area contributed by atoms with Crippen molar-refractivity contribution in [1.82, 2.24) is 15.2 Å². The van der Waals surface area contributed by atoms with Gasteiger partial charge >= 0.3 is 0 Å². The molecule has 5 rings (SSSR count). The molecule has 0 fully saturated rings. The minimum atomic E-state index is -0.372. The highest BCUT2D eigenvalue weighted by Crippen LogP contribution is 2.31. The first-order chi connectivity index (χ1) is 13.8. The Bertz CT molecular complexity index is 1240. The van der Waals surface area contributed by atoms with Crippen LogP contribution >= 0.6 is 22.7 Å². The summed E-state index contributed by atoms with van der Waals surface area (Å²) in [6.45, 7) is 0. The number of furan rings is 1. The van der Waals surface area contributed by atoms with Gasteiger partial charge in [0.25, 0.3) is 5.91 Å². The van der Waals surface area contributed by atoms with Crippen LogP contribution in [0.3, 0.4) is 0 Å². The van der Waals surface area contributed by atoms with Crippen LogP contribution < -0.4 is 5.32 Å². The fourth-order valence-corrected chi connectivity index (χ4v) is 4.35. The SMILES string of the molecule is O=C(Nc1nnc(-c2ccccc2)s1)c1ccc(-c2nc3ccccc3s2)o1. The number of hydrogen-bond donors (Lipinski definition) is 1. The second kappa shape index (κ2) is 6.99. The second-order valence-electron chi connectivity index (χ2n) is 5.88. The Kier molecular flexibility index (Phi) is 4.19. The van der Waals surface area contributed by atoms with Gasteiger partial charge in [-0.15, -0.1) is 21.5 Å². The molecule has 0 spiro atoms. The summed E-state index contributed by atoms with van der Waals surface area (Å²) in [5, 5.41) is 12.8. The standard InChI is InChI=1S/C20H12N4O2S2/c25-17(22-20-24-23-18(28-20)12-6-2-1-3-7-12)14-10-11-15(26-14)19-21-13-8-4-5-9-16(13)27-19/h1-11H,(H,22,24,25). The van der Waals surface area contributed by atoms with Gasteiger partial charge in [-0.05, 0) is 24.3 Å². The number of benzene rings is 2. The fourth-order valence-electron chi connectivity index (χ4n) is 2.68. The molecule has 0 aliphatic carbocycles. The second-order valence-corrected chi connectivity index (χ2v) is 7.89. The van der Waals surface area contributed by atoms with E-state index in [1.807, 2.05) is 54.6 Å². The Hall–Kier alpha value is -3.36. The van der Waals surface area contributed by atoms with Crippen LogP contribution in [0.15, 0.2) is 71.1 Å². The predicted octanol–water partition coefficient (Wildman–Crippen LogP) is 5.33. The summed E-state index contributed by atoms with van der Waals surface area (Å²) >= 11 is 2.83. The number of nitrogens with zero attached hydrogens (tertiary/aromatic N) is 3. The van der Waals surface area contributed by atoms with E-state index in [2.05, 4.69) is 20.5 Å². The molecule has 8 heteroatoms. The smallest absolute Gasteiger partial charge is 0.293 e. The number of rotatable bonds is 4. The quantitative estimate of drug-likeness (QED) is 0.438. The molecule has 1 amide bonds. The van der Waals surface area contributed by atoms with Gasteiger partial charge in [0.05, 0.1) is 10.2 Å². The number of nitrogens with one attached hydrogen (secondary N) is 1. The Balaban J connectivity index is 1.34. The van der Waals surface area contributed by atoms with Crippen LogP contribution in [0.1, 0.15) is 10.6 Å². The molecule has 2 aromatic carbocycles. The zero-order valence-corrected chi connectivity index (χ0v) is 16.0. The Morgan fingerprint density at radius 3 is 2.54 bits per heavy atom. The average molecular weight is 404 g/mol. The Morgan fingerprint density at radius 1 is 0.857 bits per heavy atom. The van der Waals surface area contributed by atoms with Gasteiger partial charge in [0.1, 0.15) is 5.01 Å². The van der Waals surface area contributed by atoms with Crippen LogP contribution in [-0.2, 0) is 0 Å². The molecule has 5 aromatic rings. The molecule has 0 saturated heterocycles. The van der Waals surface area contributed by atoms with Gasteiger partial charge in [0.15, 0.2) is 16.5 Å². The lowest BCUT2D eigenvalue weighted by atomic mass is 10.2. The van der Waals surface area contributed by atoms with Gasteiger partial charge in [-0.25, -0.2) is 4.98 Å². The molecule has 0 atom stereocenters. The molecule has 136 valence electrons. The predicted molar refractivity (Wildman–Crippen MR) is 111 cm³/mol. The number of fused-ring (bicyclic) bond motifs is 1. The van der Waals surface area contributed by atoms with Gasteiger partial charge in [-0.1, -0.05) is 53.8 Å². The van der Waals surface area contributed by atoms with Gasteiger partial charge < -0.3 is 4.42 Å². The van der Waals surface area contributed by atoms with Gasteiger partial charge in [0, 0.05) is 5.56 Å². The number of carbonyl (C=O) groups is 1. The summed E-state index contributed by atoms with van der Waals surface area (Å²) in [5.41, 5.74) is 1.86. The van der Waals surface area contributed by atoms with Crippen molar-refractivity contribution < 1.29 is 9.21 Å². The lowest BCUT2D eigenvalue weighted by Crippen LogP contribution is -2.10. The molecule has 0 saturated carbocycles. The van der Waals surface area contributed by atoms with Crippen LogP contribution in [0.5, 0.6) is 0 Å². The molecule has 1 N–H and O–H groups in total. The van der Waals surface area contributed by atoms with E-state index in [9.17, 15) is 4.79 Å². The first-order valence-electron chi connectivity index (χ1n) is 8.42. The molecular formula is C20H12N4O2S2. The molecule has 0 aliphatic rings. The van der Waals surface area contributed by atoms with Crippen LogP contribution in [0, 0.1) is 0 Å². The molecule has 0 radical (unpaired) electrons. The molecule has 0 unspecified atom stereocenters. The summed E-state index contributed by atoms with van der Waals surface area (Å²) in [6, 6.07) is 21.0. The van der Waals surface area contributed by atoms with E-state index in [0.717, 1.165) is 25.8 Å². The van der Waals surface area contributed by atoms with Crippen molar-refractivity contribution in [2.24, 2.45) is 0 Å². The molecule has 0 aliphatic heterocycles. The topological polar surface area (TPSA) is 80.9 Å². The Morgan fingerprint density at radius 2 is 1.68 bits per heavy atom. The van der Waals surface area contributed by atoms with Gasteiger partial charge in [-0.3, -0.25) is 10.1 Å². The number of hydrogen-bond acceptors (Lipinski definition) is 7. The third kappa shape index (κ3) is 3.19. The number of thiazole rings is 1. The van der Waals surface area contributed by atoms with Crippen molar-refractivity contribution >= 4 is 43.9 Å². The van der Waals surface area contributed by atoms with Crippen LogP contribution in [0.25, 0.3) is 31.6 Å². The first-order valence-corrected chi connectivity index (χ1v) is 10.1. The minimum Gasteiger partial charge on any atom is -0.448 e. The third-order valence-corrected chi connectivity index (χ3v) is 5.94. The molecule has 28 heavy (non-hydrogen) atoms. The highest BCUT2D eigenvalue weighted by molar-refractivity contribution is 7.21. The van der Waals surface area contributed by atoms with E-state index >= 15 is 0 Å². The van der Waals surface area contributed by atoms with Crippen molar-refractivity contribution in [3.63, 3.8) is 0 Å². The third-order valence-electron chi connectivity index (χ3n) is 4.00. The van der Waals surface area contributed by atoms with Crippen molar-refractivity contribution in [2.75, 3.05) is 5.32 Å². The molecule has 0 bridgehead atoms. The fraction of sp³-hybridized carbons (Fsp3) is 0. The van der Waals surface area contributed by atoms with E-state index in [0.29, 0.717) is 10.9 Å². The zero-order valence-electron chi connectivity index (χ0n) is 14.3. The van der Waals surface area contributed by atoms with Crippen molar-refractivity contribution in [1.29, 1.82) is 0 Å². The van der Waals surface area contributed by atoms with Crippen LogP contribution in [0.4, 0.5) is 5.13 Å². The lowest BCUT2D eigenvalue weighted by Gasteiger charge is -1.97. The molecule has 3 aromatic heterocycles. The van der Waals surface area contributed by atoms with E-state index in [-0.39, 0.29) is 11.7 Å². The zero-order chi connectivity index (χ0) is 18.9. The van der Waals surface area contributed by atoms with Crippen molar-refractivity contribution in [3.05, 3.63) is 72.5 Å². The summed E-state index contributed by atoms with van der Waals surface area (Å²) in [5.74, 6) is 0.391. The van der Waals surface area contributed by atoms with E-state index in [4.69, 9.17) is 4.42 Å². The largest absolute Gasteiger partial charge is 0.448 e. The minimum absolute atomic E-state index is 0.200. The van der Waals surface area contributed by atoms with Crippen molar-refractivity contribution in [3.8, 4) is 21.3 Å². The van der Waals surface area contributed by atoms with Crippen LogP contribution in [-0.4, -0.2) is 21.1 Å². The lowest BCUT2D eigenvalue weighted by molar-refractivity contribution is 0.0997. The summed E-state index contributed by atoms with van der Waals surface area (Å²) in [7, 11) is 0. The molecule has 3 heterocycles. The number of anilines is 1. The maximum absolute atomic E-state index is 12.5. The highest BCUT2D eigenvalue weighted by Gasteiger charge is 2.17. The van der Waals surface area contributed by atoms with E-state index in [1.54, 1.807) is 12.1 Å². The summed E-state index contributed by atoms with van der Waals surface area (Å²) < 4.78 is 6.79. The van der Waals surface area contributed by atoms with E-state index < -0.39 is 0 Å². The monoisotopic (exact) mass is 404 g/mol. The Labute approximate surface area is 167 Å². The average Bonchev–Trinajstić information content (AvgIpc) is 3.47. The molecule has 6 nitrogen and oxygen atoms in total. The summed E-state index contributed by atoms with van der Waals surface area (Å²) in [6.07, 6.45) is 0. The van der Waals surface area contributed by atoms with Gasteiger partial charge in [-0.2, -0.15) is 0 Å². The van der Waals surface area contributed by atoms with Crippen LogP contribution in [0.2, 0.25) is 0 Å². The van der Waals surface area contributed by atoms with Gasteiger partial charge in [0.2, 0.25) is 5.13 Å². The number of para-hydroxylation sites is 1. The number of carbonyl (C=O) groups excluding carboxylic acids is 1. The number of amides is 1. The maximum Gasteiger partial charge on any atom is 0.293 e. The summed E-state index contributed by atoms with van der Waals surface area (Å²) in [4.78, 5) is 17.0. The first kappa shape index (κ1) is 16.8. The maximum atomic E-state index is 12.5. The van der Waals surface area contributed by atoms with Crippen molar-refractivity contribution in [2.45, 2.75) is 0 Å². The number of aromatic nitrogens is 3. The normalized spacial score (nSPS) is 11.0.